The van der Waals surface area contributed by atoms with Gasteiger partial charge in [-0.15, -0.1) is 43.2 Å². The fourth-order valence-corrected chi connectivity index (χ4v) is 21.0. The molecule has 0 spiro atoms. The topological polar surface area (TPSA) is 363 Å². The van der Waals surface area contributed by atoms with Crippen LogP contribution in [0.15, 0.2) is 25.1 Å². The van der Waals surface area contributed by atoms with Crippen LogP contribution in [0.25, 0.3) is 0 Å². The van der Waals surface area contributed by atoms with Gasteiger partial charge in [0, 0.05) is 44.1 Å². The van der Waals surface area contributed by atoms with E-state index in [2.05, 4.69) is 178 Å². The van der Waals surface area contributed by atoms with E-state index in [1.165, 1.54) is 453 Å². The predicted molar refractivity (Wildman–Crippen MR) is 658 cm³/mol. The number of unbranched alkanes of at least 4 members (excludes halogenated alkanes) is 63. The minimum absolute atomic E-state index is 0.0701. The summed E-state index contributed by atoms with van der Waals surface area (Å²) in [7, 11) is 0. The molecular weight excluding hydrogens is 2080 g/mol. The van der Waals surface area contributed by atoms with E-state index in [1.54, 1.807) is 16.4 Å². The van der Waals surface area contributed by atoms with Crippen molar-refractivity contribution in [2.24, 2.45) is 25.1 Å². The number of hydrazone groups is 1. The molecule has 0 aliphatic carbocycles. The number of thioether (sulfide) groups is 1. The number of aliphatic hydroxyl groups is 1. The second kappa shape index (κ2) is 111. The maximum absolute atomic E-state index is 10.4. The number of aromatic amines is 3. The highest BCUT2D eigenvalue weighted by Gasteiger charge is 2.21. The lowest BCUT2D eigenvalue weighted by molar-refractivity contribution is -0.108. The summed E-state index contributed by atoms with van der Waals surface area (Å²) in [4.78, 5) is 47.9. The van der Waals surface area contributed by atoms with Crippen LogP contribution >= 0.6 is 166 Å². The number of carbonyl (C=O) groups excluding carboxylic acids is 3. The molecule has 39 heteroatoms. The van der Waals surface area contributed by atoms with Crippen LogP contribution in [0.1, 0.15) is 550 Å². The number of nitrogens with one attached hydrogen (secondary N) is 4. The van der Waals surface area contributed by atoms with E-state index in [4.69, 9.17) is 64.1 Å². The Labute approximate surface area is 942 Å². The quantitative estimate of drug-likeness (QED) is 0.00563. The zero-order valence-electron chi connectivity index (χ0n) is 91.0. The molecule has 6 aromatic rings. The number of hydrogen-bond donors (Lipinski definition) is 9. The molecular formula is C106H197N21O4S14. The highest BCUT2D eigenvalue weighted by atomic mass is 32.2. The SMILES string of the molecule is CCCCCCCCCC=NC1=NNC(S)S1.CCCCCCCCCC=Nc1nn(C(CCCCCCCCCC)n2nc(N=CCCCCCCCCC)sc2=S)c(=S)s1.CCCCCCCCCC=Nc1nn(C(O)CCCCCCCCCC)c(=S)s1.CCCCCCCCCC=O.CCCCCCCCCC=O.CCCCCCCCCC=O.Nc1n[nH]c(=S)s1.Nc1n[nH]c(=S)s1.Nc1n[nH]c(=S)s1. The van der Waals surface area contributed by atoms with E-state index in [9.17, 15) is 19.5 Å². The zero-order chi connectivity index (χ0) is 107. The monoisotopic (exact) mass is 2280 g/mol. The molecule has 0 aromatic carbocycles. The molecule has 0 amide bonds. The number of aliphatic hydroxyl groups excluding tert-OH is 1. The summed E-state index contributed by atoms with van der Waals surface area (Å²) >= 11 is 44.9. The van der Waals surface area contributed by atoms with Crippen molar-refractivity contribution < 1.29 is 19.5 Å². The minimum Gasteiger partial charge on any atom is -0.374 e. The van der Waals surface area contributed by atoms with Crippen LogP contribution in [0.3, 0.4) is 0 Å². The zero-order valence-corrected chi connectivity index (χ0v) is 103. The fraction of sp³-hybridized carbons (Fsp3) is 0.811. The second-order valence-corrected chi connectivity index (χ2v) is 48.6. The number of thiol groups is 1. The standard InChI is InChI=1S/C35H62N6S4.C23H43N3OS2.C12H23N3S2.3C10H20O.3C2H3N3S2/c1-4-7-10-13-16-19-22-25-28-31(40-34(42)44-32(38-40)36-29-26-23-20-17-14-11-8-5-2)41-35(43)45-33(39-41)37-30-27-24-21-18-15-12-9-6-3;1-3-5-7-9-11-13-15-17-19-21(27)26-23(28)29-22(25-26)24-20-18-16-14-12-10-8-6-4-2;1-2-3-4-5-6-7-8-9-10-13-11-14-15-12(16)17-11;3*1-2-3-4-5-6-7-8-9-10-11;3*3-1-4-5-2(6)7-1/h29-31H,4-28H2,1-3H3;20-21,27H,3-19H2,1-2H3;10,12,15-16H,2-9H2,1H3;3*10H,2-9H2,1H3;3*(H2,3,4)(H,5,6). The number of nitrogen functional groups attached to an aromatic ring is 3. The number of aliphatic imine (C=N–C) groups is 4. The number of H-pyrrole nitrogens is 3. The summed E-state index contributed by atoms with van der Waals surface area (Å²) < 4.78 is 9.44. The average Bonchev–Trinajstić information content (AvgIpc) is 1.65. The van der Waals surface area contributed by atoms with E-state index in [1.807, 2.05) is 34.2 Å². The van der Waals surface area contributed by atoms with Crippen LogP contribution in [0.4, 0.5) is 30.8 Å². The summed E-state index contributed by atoms with van der Waals surface area (Å²) in [5.41, 5.74) is 18.4. The summed E-state index contributed by atoms with van der Waals surface area (Å²) in [5.74, 6) is 0. The first-order chi connectivity index (χ1) is 70.7. The van der Waals surface area contributed by atoms with Crippen molar-refractivity contribution in [1.82, 2.24) is 65.4 Å². The van der Waals surface area contributed by atoms with Crippen molar-refractivity contribution in [3.05, 3.63) is 23.7 Å². The molecule has 145 heavy (non-hydrogen) atoms. The number of anilines is 3. The van der Waals surface area contributed by atoms with Crippen molar-refractivity contribution in [2.45, 2.75) is 555 Å². The number of hydrogen-bond acceptors (Lipinski definition) is 33. The molecule has 6 aromatic heterocycles. The van der Waals surface area contributed by atoms with Crippen LogP contribution in [0, 0.1) is 23.7 Å². The van der Waals surface area contributed by atoms with Crippen molar-refractivity contribution in [1.29, 1.82) is 0 Å². The van der Waals surface area contributed by atoms with Gasteiger partial charge in [0.05, 0.1) is 0 Å². The van der Waals surface area contributed by atoms with Gasteiger partial charge < -0.3 is 36.7 Å². The van der Waals surface area contributed by atoms with Crippen molar-refractivity contribution in [3.8, 4) is 0 Å². The number of nitrogens with two attached hydrogens (primary N) is 3. The third kappa shape index (κ3) is 94.4. The van der Waals surface area contributed by atoms with Gasteiger partial charge in [0.25, 0.3) is 0 Å². The van der Waals surface area contributed by atoms with Gasteiger partial charge in [-0.2, -0.15) is 5.10 Å². The Morgan fingerprint density at radius 3 is 0.738 bits per heavy atom. The Morgan fingerprint density at radius 1 is 0.310 bits per heavy atom. The van der Waals surface area contributed by atoms with Crippen LogP contribution in [-0.2, 0) is 14.4 Å². The Bertz CT molecular complexity index is 4120. The van der Waals surface area contributed by atoms with Gasteiger partial charge in [-0.1, -0.05) is 490 Å². The van der Waals surface area contributed by atoms with Crippen LogP contribution in [0.2, 0.25) is 0 Å². The third-order valence-electron chi connectivity index (χ3n) is 23.3. The first-order valence-electron chi connectivity index (χ1n) is 56.2. The van der Waals surface area contributed by atoms with Crippen molar-refractivity contribution in [3.63, 3.8) is 0 Å². The van der Waals surface area contributed by atoms with E-state index in [-0.39, 0.29) is 10.9 Å². The summed E-state index contributed by atoms with van der Waals surface area (Å²) in [6.07, 6.45) is 103. The number of aromatic nitrogens is 12. The number of nitrogens with zero attached hydrogens (tertiary/aromatic N) is 14. The lowest BCUT2D eigenvalue weighted by atomic mass is 10.1. The molecule has 0 fully saturated rings. The molecule has 1 aliphatic heterocycles. The summed E-state index contributed by atoms with van der Waals surface area (Å²) in [5, 5.41) is 51.3. The maximum Gasteiger partial charge on any atom is 0.230 e. The van der Waals surface area contributed by atoms with Gasteiger partial charge in [0.1, 0.15) is 36.0 Å². The number of aldehydes is 3. The first kappa shape index (κ1) is 143. The number of rotatable bonds is 80. The van der Waals surface area contributed by atoms with Gasteiger partial charge in [0.2, 0.25) is 36.0 Å². The molecule has 1 aliphatic rings. The van der Waals surface area contributed by atoms with Crippen molar-refractivity contribution in [2.75, 3.05) is 17.2 Å². The molecule has 11 N–H and O–H groups in total. The Kier molecular flexibility index (Phi) is 109. The number of amidine groups is 1. The van der Waals surface area contributed by atoms with Crippen LogP contribution in [-0.4, -0.2) is 119 Å². The smallest absolute Gasteiger partial charge is 0.230 e. The average molecular weight is 2280 g/mol. The Morgan fingerprint density at radius 2 is 0.524 bits per heavy atom. The predicted octanol–water partition coefficient (Wildman–Crippen LogP) is 38.8. The number of carbonyl (C=O) groups is 3. The summed E-state index contributed by atoms with van der Waals surface area (Å²) in [6.45, 7) is 20.2. The normalized spacial score (nSPS) is 12.4. The van der Waals surface area contributed by atoms with E-state index in [0.29, 0.717) is 42.8 Å². The second-order valence-electron chi connectivity index (χ2n) is 36.7. The Hall–Kier alpha value is -4.10. The van der Waals surface area contributed by atoms with E-state index >= 15 is 0 Å². The van der Waals surface area contributed by atoms with Gasteiger partial charge in [0.15, 0.2) is 23.7 Å². The molecule has 0 bridgehead atoms. The lowest BCUT2D eigenvalue weighted by Gasteiger charge is -2.17. The molecule has 0 saturated carbocycles. The summed E-state index contributed by atoms with van der Waals surface area (Å²) in [6, 6.07) is 0. The molecule has 0 saturated heterocycles. The fourth-order valence-electron chi connectivity index (χ4n) is 14.9. The molecule has 7 rings (SSSR count). The third-order valence-corrected chi connectivity index (χ3v) is 30.8. The van der Waals surface area contributed by atoms with Crippen LogP contribution in [0.5, 0.6) is 0 Å². The molecule has 7 heterocycles. The van der Waals surface area contributed by atoms with Crippen LogP contribution < -0.4 is 22.6 Å². The van der Waals surface area contributed by atoms with E-state index in [0.717, 1.165) is 126 Å². The first-order valence-corrected chi connectivity index (χ1v) is 65.0. The largest absolute Gasteiger partial charge is 0.374 e. The molecule has 2 unspecified atom stereocenters. The van der Waals surface area contributed by atoms with E-state index < -0.39 is 6.23 Å². The van der Waals surface area contributed by atoms with Gasteiger partial charge in [-0.3, -0.25) is 20.7 Å². The van der Waals surface area contributed by atoms with Gasteiger partial charge >= 0.3 is 0 Å². The highest BCUT2D eigenvalue weighted by molar-refractivity contribution is 8.21. The van der Waals surface area contributed by atoms with Gasteiger partial charge in [-0.05, 0) is 181 Å². The molecule has 0 radical (unpaired) electrons. The molecule has 25 nitrogen and oxygen atoms in total. The minimum atomic E-state index is -0.620. The molecule has 2 atom stereocenters. The highest BCUT2D eigenvalue weighted by Crippen LogP contribution is 2.31. The van der Waals surface area contributed by atoms with Gasteiger partial charge in [-0.25, -0.2) is 34.0 Å². The molecule has 834 valence electrons. The maximum atomic E-state index is 10.4. The van der Waals surface area contributed by atoms with Crippen molar-refractivity contribution >= 4 is 245 Å². The Balaban J connectivity index is 0. The lowest BCUT2D eigenvalue weighted by Crippen LogP contribution is -2.20.